The van der Waals surface area contributed by atoms with Crippen molar-refractivity contribution >= 4 is 11.9 Å². The molecule has 0 aliphatic carbocycles. The van der Waals surface area contributed by atoms with E-state index < -0.39 is 18.2 Å². The van der Waals surface area contributed by atoms with Crippen molar-refractivity contribution < 1.29 is 24.5 Å². The molecule has 0 rings (SSSR count). The number of rotatable bonds is 45. The third-order valence-electron chi connectivity index (χ3n) is 11.3. The van der Waals surface area contributed by atoms with Gasteiger partial charge in [0.2, 0.25) is 5.91 Å². The second-order valence-electron chi connectivity index (χ2n) is 17.2. The van der Waals surface area contributed by atoms with Gasteiger partial charge in [0, 0.05) is 6.42 Å². The lowest BCUT2D eigenvalue weighted by molar-refractivity contribution is -0.151. The molecule has 0 fully saturated rings. The summed E-state index contributed by atoms with van der Waals surface area (Å²) in [6, 6.07) is -0.720. The Labute approximate surface area is 377 Å². The maximum atomic E-state index is 13.2. The third-order valence-corrected chi connectivity index (χ3v) is 11.3. The maximum Gasteiger partial charge on any atom is 0.306 e. The molecule has 0 saturated carbocycles. The Kier molecular flexibility index (Phi) is 46.2. The average Bonchev–Trinajstić information content (AvgIpc) is 3.25. The molecule has 3 atom stereocenters. The molecule has 0 aliphatic heterocycles. The van der Waals surface area contributed by atoms with Gasteiger partial charge >= 0.3 is 5.97 Å². The Balaban J connectivity index is 4.71. The second kappa shape index (κ2) is 48.3. The molecule has 0 heterocycles. The van der Waals surface area contributed by atoms with E-state index in [1.165, 1.54) is 89.9 Å². The lowest BCUT2D eigenvalue weighted by atomic mass is 10.0. The Morgan fingerprint density at radius 3 is 1.49 bits per heavy atom. The van der Waals surface area contributed by atoms with Crippen LogP contribution in [0.1, 0.15) is 239 Å². The lowest BCUT2D eigenvalue weighted by Crippen LogP contribution is -2.46. The summed E-state index contributed by atoms with van der Waals surface area (Å²) < 4.78 is 5.91. The van der Waals surface area contributed by atoms with Crippen molar-refractivity contribution in [2.45, 2.75) is 257 Å². The molecule has 0 aromatic heterocycles. The van der Waals surface area contributed by atoms with Gasteiger partial charge in [0.1, 0.15) is 6.10 Å². The molecular weight excluding hydrogens is 755 g/mol. The first-order valence-electron chi connectivity index (χ1n) is 25.7. The van der Waals surface area contributed by atoms with Crippen LogP contribution in [0.5, 0.6) is 0 Å². The molecule has 1 amide bonds. The van der Waals surface area contributed by atoms with Gasteiger partial charge in [-0.05, 0) is 83.5 Å². The van der Waals surface area contributed by atoms with E-state index >= 15 is 0 Å². The van der Waals surface area contributed by atoms with Crippen molar-refractivity contribution in [2.24, 2.45) is 0 Å². The monoisotopic (exact) mass is 852 g/mol. The van der Waals surface area contributed by atoms with Crippen molar-refractivity contribution in [2.75, 3.05) is 6.61 Å². The van der Waals surface area contributed by atoms with Gasteiger partial charge in [-0.1, -0.05) is 216 Å². The van der Waals surface area contributed by atoms with Crippen molar-refractivity contribution in [3.8, 4) is 0 Å². The molecule has 0 aliphatic rings. The molecule has 0 aromatic rings. The zero-order valence-electron chi connectivity index (χ0n) is 40.0. The molecule has 0 saturated heterocycles. The van der Waals surface area contributed by atoms with Crippen LogP contribution in [0.3, 0.4) is 0 Å². The Bertz CT molecular complexity index is 1140. The minimum absolute atomic E-state index is 0.0431. The minimum Gasteiger partial charge on any atom is -0.462 e. The molecular formula is C55H97NO5. The molecule has 0 spiro atoms. The summed E-state index contributed by atoms with van der Waals surface area (Å²) in [4.78, 5) is 26.1. The first-order valence-corrected chi connectivity index (χ1v) is 25.7. The quantitative estimate of drug-likeness (QED) is 0.0245. The van der Waals surface area contributed by atoms with Crippen LogP contribution >= 0.6 is 0 Å². The van der Waals surface area contributed by atoms with Gasteiger partial charge in [0.15, 0.2) is 0 Å². The van der Waals surface area contributed by atoms with E-state index in [4.69, 9.17) is 4.74 Å². The Hall–Kier alpha value is -2.70. The molecule has 0 radical (unpaired) electrons. The van der Waals surface area contributed by atoms with Crippen LogP contribution < -0.4 is 5.32 Å². The van der Waals surface area contributed by atoms with Crippen LogP contribution in [0, 0.1) is 0 Å². The predicted octanol–water partition coefficient (Wildman–Crippen LogP) is 15.4. The van der Waals surface area contributed by atoms with E-state index in [1.54, 1.807) is 0 Å². The largest absolute Gasteiger partial charge is 0.462 e. The number of hydrogen-bond acceptors (Lipinski definition) is 5. The van der Waals surface area contributed by atoms with Crippen LogP contribution in [0.2, 0.25) is 0 Å². The SMILES string of the molecule is CC/C=C/C/C=C/C/C=C/CCCCCCC(=O)OC(CCCCC/C=C/C=C/C=C/CCCCCCC)CC(=O)NC(CO)C(O)CCCCCCCCCCCCCC. The van der Waals surface area contributed by atoms with Crippen molar-refractivity contribution in [3.05, 3.63) is 72.9 Å². The van der Waals surface area contributed by atoms with E-state index in [9.17, 15) is 19.8 Å². The van der Waals surface area contributed by atoms with Crippen molar-refractivity contribution in [1.29, 1.82) is 0 Å². The Morgan fingerprint density at radius 1 is 0.508 bits per heavy atom. The van der Waals surface area contributed by atoms with Crippen LogP contribution in [0.4, 0.5) is 0 Å². The van der Waals surface area contributed by atoms with E-state index in [0.29, 0.717) is 19.3 Å². The number of carbonyl (C=O) groups is 2. The van der Waals surface area contributed by atoms with Gasteiger partial charge in [0.25, 0.3) is 0 Å². The standard InChI is InChI=1S/C55H97NO5/c1-4-7-10-13-16-19-22-25-27-28-29-31-34-37-40-43-46-51(61-55(60)48-45-42-39-36-33-30-26-23-20-17-14-11-8-5-2)49-54(59)56-52(50-57)53(58)47-44-41-38-35-32-24-21-18-15-12-9-6-3/h8,11,17,20,22,25-31,51-53,57-58H,4-7,9-10,12-16,18-19,21,23-24,32-50H2,1-3H3,(H,56,59)/b11-8+,20-17+,25-22+,28-27+,30-26+,31-29+. The first kappa shape index (κ1) is 58.3. The normalized spacial score (nSPS) is 13.9. The smallest absolute Gasteiger partial charge is 0.306 e. The molecule has 0 aromatic carbocycles. The third kappa shape index (κ3) is 43.7. The highest BCUT2D eigenvalue weighted by Crippen LogP contribution is 2.17. The molecule has 6 heteroatoms. The average molecular weight is 852 g/mol. The summed E-state index contributed by atoms with van der Waals surface area (Å²) >= 11 is 0. The number of aliphatic hydroxyl groups excluding tert-OH is 2. The van der Waals surface area contributed by atoms with Gasteiger partial charge in [-0.2, -0.15) is 0 Å². The van der Waals surface area contributed by atoms with E-state index in [1.807, 2.05) is 0 Å². The molecule has 3 N–H and O–H groups in total. The predicted molar refractivity (Wildman–Crippen MR) is 264 cm³/mol. The minimum atomic E-state index is -0.803. The molecule has 61 heavy (non-hydrogen) atoms. The van der Waals surface area contributed by atoms with Gasteiger partial charge < -0.3 is 20.3 Å². The summed E-state index contributed by atoms with van der Waals surface area (Å²) in [5, 5.41) is 23.7. The zero-order valence-corrected chi connectivity index (χ0v) is 40.0. The maximum absolute atomic E-state index is 13.2. The van der Waals surface area contributed by atoms with E-state index in [-0.39, 0.29) is 24.9 Å². The molecule has 3 unspecified atom stereocenters. The Morgan fingerprint density at radius 2 is 0.951 bits per heavy atom. The van der Waals surface area contributed by atoms with E-state index in [0.717, 1.165) is 103 Å². The topological polar surface area (TPSA) is 95.9 Å². The number of allylic oxidation sites excluding steroid dienone is 12. The first-order chi connectivity index (χ1) is 30.0. The second-order valence-corrected chi connectivity index (χ2v) is 17.2. The molecule has 352 valence electrons. The lowest BCUT2D eigenvalue weighted by Gasteiger charge is -2.24. The van der Waals surface area contributed by atoms with Crippen molar-refractivity contribution in [1.82, 2.24) is 5.32 Å². The number of esters is 1. The summed E-state index contributed by atoms with van der Waals surface area (Å²) in [5.41, 5.74) is 0. The van der Waals surface area contributed by atoms with Gasteiger partial charge in [0.05, 0.1) is 25.2 Å². The highest BCUT2D eigenvalue weighted by atomic mass is 16.5. The van der Waals surface area contributed by atoms with E-state index in [2.05, 4.69) is 99.0 Å². The summed E-state index contributed by atoms with van der Waals surface area (Å²) in [5.74, 6) is -0.535. The fraction of sp³-hybridized carbons (Fsp3) is 0.745. The fourth-order valence-corrected chi connectivity index (χ4v) is 7.45. The summed E-state index contributed by atoms with van der Waals surface area (Å²) in [7, 11) is 0. The van der Waals surface area contributed by atoms with Crippen LogP contribution in [-0.2, 0) is 14.3 Å². The number of aliphatic hydroxyl groups is 2. The van der Waals surface area contributed by atoms with Crippen LogP contribution in [0.15, 0.2) is 72.9 Å². The highest BCUT2D eigenvalue weighted by molar-refractivity contribution is 5.77. The number of nitrogens with one attached hydrogen (secondary N) is 1. The summed E-state index contributed by atoms with van der Waals surface area (Å²) in [6.45, 7) is 6.33. The number of hydrogen-bond donors (Lipinski definition) is 3. The summed E-state index contributed by atoms with van der Waals surface area (Å²) in [6.07, 6.45) is 61.0. The van der Waals surface area contributed by atoms with Crippen LogP contribution in [0.25, 0.3) is 0 Å². The fourth-order valence-electron chi connectivity index (χ4n) is 7.45. The zero-order chi connectivity index (χ0) is 44.5. The van der Waals surface area contributed by atoms with Gasteiger partial charge in [-0.25, -0.2) is 0 Å². The molecule has 6 nitrogen and oxygen atoms in total. The number of ether oxygens (including phenoxy) is 1. The van der Waals surface area contributed by atoms with Crippen LogP contribution in [-0.4, -0.2) is 46.9 Å². The highest BCUT2D eigenvalue weighted by Gasteiger charge is 2.24. The van der Waals surface area contributed by atoms with Gasteiger partial charge in [-0.15, -0.1) is 0 Å². The van der Waals surface area contributed by atoms with Crippen molar-refractivity contribution in [3.63, 3.8) is 0 Å². The number of unbranched alkanes of at least 4 members (excludes halogenated alkanes) is 23. The number of amides is 1. The number of carbonyl (C=O) groups excluding carboxylic acids is 2. The van der Waals surface area contributed by atoms with Gasteiger partial charge in [-0.3, -0.25) is 9.59 Å². The molecule has 0 bridgehead atoms.